The van der Waals surface area contributed by atoms with Crippen molar-refractivity contribution < 1.29 is 9.53 Å². The Balaban J connectivity index is 2.39. The quantitative estimate of drug-likeness (QED) is 0.844. The van der Waals surface area contributed by atoms with Crippen molar-refractivity contribution in [2.24, 2.45) is 5.73 Å². The molecule has 0 aliphatic carbocycles. The molecule has 0 atom stereocenters. The van der Waals surface area contributed by atoms with E-state index in [1.165, 1.54) is 0 Å². The SMILES string of the molecule is CNc1ccc2c(c1)N(CC(C)(C)N)C(=O)CO2. The first kappa shape index (κ1) is 12.7. The van der Waals surface area contributed by atoms with Gasteiger partial charge in [-0.1, -0.05) is 0 Å². The van der Waals surface area contributed by atoms with E-state index in [0.29, 0.717) is 6.54 Å². The van der Waals surface area contributed by atoms with Gasteiger partial charge in [0.25, 0.3) is 5.91 Å². The van der Waals surface area contributed by atoms with Crippen molar-refractivity contribution in [3.05, 3.63) is 18.2 Å². The Morgan fingerprint density at radius 3 is 2.83 bits per heavy atom. The van der Waals surface area contributed by atoms with Crippen molar-refractivity contribution in [3.8, 4) is 5.75 Å². The van der Waals surface area contributed by atoms with Crippen LogP contribution in [0.3, 0.4) is 0 Å². The van der Waals surface area contributed by atoms with Gasteiger partial charge in [0.15, 0.2) is 6.61 Å². The van der Waals surface area contributed by atoms with Crippen LogP contribution in [0.2, 0.25) is 0 Å². The van der Waals surface area contributed by atoms with Crippen LogP contribution in [0.15, 0.2) is 18.2 Å². The van der Waals surface area contributed by atoms with Crippen LogP contribution < -0.4 is 20.7 Å². The van der Waals surface area contributed by atoms with E-state index >= 15 is 0 Å². The molecule has 0 aromatic heterocycles. The summed E-state index contributed by atoms with van der Waals surface area (Å²) in [5.41, 5.74) is 7.27. The van der Waals surface area contributed by atoms with Crippen molar-refractivity contribution in [1.29, 1.82) is 0 Å². The summed E-state index contributed by atoms with van der Waals surface area (Å²) in [4.78, 5) is 13.7. The fourth-order valence-corrected chi connectivity index (χ4v) is 1.94. The number of nitrogens with two attached hydrogens (primary N) is 1. The third kappa shape index (κ3) is 2.56. The van der Waals surface area contributed by atoms with E-state index in [1.54, 1.807) is 4.90 Å². The largest absolute Gasteiger partial charge is 0.482 e. The van der Waals surface area contributed by atoms with Crippen LogP contribution in [0, 0.1) is 0 Å². The molecule has 0 spiro atoms. The Bertz CT molecular complexity index is 466. The van der Waals surface area contributed by atoms with E-state index in [9.17, 15) is 4.79 Å². The van der Waals surface area contributed by atoms with E-state index < -0.39 is 5.54 Å². The number of nitrogens with zero attached hydrogens (tertiary/aromatic N) is 1. The second kappa shape index (κ2) is 4.49. The zero-order chi connectivity index (χ0) is 13.3. The number of amides is 1. The molecule has 18 heavy (non-hydrogen) atoms. The number of hydrogen-bond acceptors (Lipinski definition) is 4. The van der Waals surface area contributed by atoms with Crippen LogP contribution in [0.1, 0.15) is 13.8 Å². The molecule has 3 N–H and O–H groups in total. The first-order chi connectivity index (χ1) is 8.40. The lowest BCUT2D eigenvalue weighted by Gasteiger charge is -2.34. The van der Waals surface area contributed by atoms with E-state index in [4.69, 9.17) is 10.5 Å². The summed E-state index contributed by atoms with van der Waals surface area (Å²) in [6.45, 7) is 4.34. The Morgan fingerprint density at radius 1 is 1.50 bits per heavy atom. The number of nitrogens with one attached hydrogen (secondary N) is 1. The van der Waals surface area contributed by atoms with Crippen LogP contribution in [0.25, 0.3) is 0 Å². The molecule has 98 valence electrons. The minimum absolute atomic E-state index is 0.0609. The zero-order valence-corrected chi connectivity index (χ0v) is 11.0. The number of benzene rings is 1. The maximum Gasteiger partial charge on any atom is 0.265 e. The van der Waals surface area contributed by atoms with E-state index in [2.05, 4.69) is 5.32 Å². The predicted octanol–water partition coefficient (Wildman–Crippen LogP) is 1.19. The lowest BCUT2D eigenvalue weighted by atomic mass is 10.1. The molecular weight excluding hydrogens is 230 g/mol. The molecule has 1 aromatic carbocycles. The van der Waals surface area contributed by atoms with Crippen molar-refractivity contribution in [2.75, 3.05) is 30.4 Å². The minimum atomic E-state index is -0.445. The van der Waals surface area contributed by atoms with Gasteiger partial charge in [0.05, 0.1) is 5.69 Å². The Kier molecular flexibility index (Phi) is 3.17. The van der Waals surface area contributed by atoms with Crippen molar-refractivity contribution in [1.82, 2.24) is 0 Å². The van der Waals surface area contributed by atoms with Gasteiger partial charge in [-0.2, -0.15) is 0 Å². The molecular formula is C13H19N3O2. The van der Waals surface area contributed by atoms with E-state index in [1.807, 2.05) is 39.1 Å². The highest BCUT2D eigenvalue weighted by molar-refractivity contribution is 5.98. The third-order valence-corrected chi connectivity index (χ3v) is 2.76. The summed E-state index contributed by atoms with van der Waals surface area (Å²) in [6.07, 6.45) is 0. The fraction of sp³-hybridized carbons (Fsp3) is 0.462. The topological polar surface area (TPSA) is 67.6 Å². The number of anilines is 2. The molecule has 1 aromatic rings. The molecule has 0 saturated carbocycles. The van der Waals surface area contributed by atoms with Crippen molar-refractivity contribution in [3.63, 3.8) is 0 Å². The molecule has 0 fully saturated rings. The highest BCUT2D eigenvalue weighted by atomic mass is 16.5. The normalized spacial score (nSPS) is 15.1. The highest BCUT2D eigenvalue weighted by Crippen LogP contribution is 2.34. The van der Waals surface area contributed by atoms with Gasteiger partial charge in [0.1, 0.15) is 5.75 Å². The number of rotatable bonds is 3. The predicted molar refractivity (Wildman–Crippen MR) is 72.1 cm³/mol. The second-order valence-corrected chi connectivity index (χ2v) is 5.19. The molecule has 0 saturated heterocycles. The number of fused-ring (bicyclic) bond motifs is 1. The molecule has 2 rings (SSSR count). The highest BCUT2D eigenvalue weighted by Gasteiger charge is 2.29. The Labute approximate surface area is 107 Å². The lowest BCUT2D eigenvalue weighted by molar-refractivity contribution is -0.121. The average molecular weight is 249 g/mol. The lowest BCUT2D eigenvalue weighted by Crippen LogP contribution is -2.50. The summed E-state index contributed by atoms with van der Waals surface area (Å²) in [6, 6.07) is 5.68. The number of carbonyl (C=O) groups excluding carboxylic acids is 1. The fourth-order valence-electron chi connectivity index (χ4n) is 1.94. The van der Waals surface area contributed by atoms with Gasteiger partial charge >= 0.3 is 0 Å². The summed E-state index contributed by atoms with van der Waals surface area (Å²) < 4.78 is 5.42. The van der Waals surface area contributed by atoms with Gasteiger partial charge in [-0.05, 0) is 32.0 Å². The molecule has 1 aliphatic rings. The molecule has 5 heteroatoms. The van der Waals surface area contributed by atoms with Crippen LogP contribution in [0.5, 0.6) is 5.75 Å². The third-order valence-electron chi connectivity index (χ3n) is 2.76. The van der Waals surface area contributed by atoms with Crippen molar-refractivity contribution >= 4 is 17.3 Å². The monoisotopic (exact) mass is 249 g/mol. The summed E-state index contributed by atoms with van der Waals surface area (Å²) in [7, 11) is 1.84. The summed E-state index contributed by atoms with van der Waals surface area (Å²) in [5.74, 6) is 0.659. The van der Waals surface area contributed by atoms with E-state index in [-0.39, 0.29) is 12.5 Å². The van der Waals surface area contributed by atoms with Crippen LogP contribution in [0.4, 0.5) is 11.4 Å². The number of hydrogen-bond donors (Lipinski definition) is 2. The van der Waals surface area contributed by atoms with Crippen LogP contribution in [-0.2, 0) is 4.79 Å². The molecule has 0 bridgehead atoms. The number of ether oxygens (including phenoxy) is 1. The van der Waals surface area contributed by atoms with Crippen molar-refractivity contribution in [2.45, 2.75) is 19.4 Å². The first-order valence-corrected chi connectivity index (χ1v) is 5.94. The van der Waals surface area contributed by atoms with Gasteiger partial charge in [-0.15, -0.1) is 0 Å². The van der Waals surface area contributed by atoms with E-state index in [0.717, 1.165) is 17.1 Å². The smallest absolute Gasteiger partial charge is 0.265 e. The Morgan fingerprint density at radius 2 is 2.22 bits per heavy atom. The van der Waals surface area contributed by atoms with Crippen LogP contribution >= 0.6 is 0 Å². The molecule has 0 unspecified atom stereocenters. The van der Waals surface area contributed by atoms with Crippen LogP contribution in [-0.4, -0.2) is 31.6 Å². The second-order valence-electron chi connectivity index (χ2n) is 5.19. The summed E-state index contributed by atoms with van der Waals surface area (Å²) in [5, 5.41) is 3.05. The van der Waals surface area contributed by atoms with Gasteiger partial charge in [-0.25, -0.2) is 0 Å². The molecule has 1 aliphatic heterocycles. The Hall–Kier alpha value is -1.75. The van der Waals surface area contributed by atoms with Gasteiger partial charge < -0.3 is 20.7 Å². The zero-order valence-electron chi connectivity index (χ0n) is 11.0. The maximum atomic E-state index is 12.0. The summed E-state index contributed by atoms with van der Waals surface area (Å²) >= 11 is 0. The molecule has 1 amide bonds. The van der Waals surface area contributed by atoms with Gasteiger partial charge in [0, 0.05) is 24.8 Å². The average Bonchev–Trinajstić information content (AvgIpc) is 2.31. The molecule has 1 heterocycles. The van der Waals surface area contributed by atoms with Gasteiger partial charge in [-0.3, -0.25) is 4.79 Å². The van der Waals surface area contributed by atoms with Gasteiger partial charge in [0.2, 0.25) is 0 Å². The molecule has 5 nitrogen and oxygen atoms in total. The first-order valence-electron chi connectivity index (χ1n) is 5.94. The molecule has 0 radical (unpaired) electrons. The standard InChI is InChI=1S/C13H19N3O2/c1-13(2,14)8-16-10-6-9(15-3)4-5-11(10)18-7-12(16)17/h4-6,15H,7-8,14H2,1-3H3. The number of carbonyl (C=O) groups is 1. The maximum absolute atomic E-state index is 12.0. The minimum Gasteiger partial charge on any atom is -0.482 e.